The van der Waals surface area contributed by atoms with Crippen LogP contribution in [0, 0.1) is 12.7 Å². The molecule has 4 aromatic rings. The zero-order chi connectivity index (χ0) is 21.2. The average molecular weight is 597 g/mol. The third kappa shape index (κ3) is 3.94. The third-order valence-electron chi connectivity index (χ3n) is 5.72. The number of fused-ring (bicyclic) bond motifs is 1. The van der Waals surface area contributed by atoms with E-state index in [9.17, 15) is 0 Å². The van der Waals surface area contributed by atoms with Gasteiger partial charge < -0.3 is 9.80 Å². The molecule has 3 aromatic carbocycles. The van der Waals surface area contributed by atoms with E-state index in [0.717, 1.165) is 35.9 Å². The van der Waals surface area contributed by atoms with Crippen LogP contribution in [0.15, 0.2) is 79.1 Å². The number of nitrogens with zero attached hydrogens (tertiary/aromatic N) is 4. The quantitative estimate of drug-likeness (QED) is 0.247. The SMILES string of the molecule is CCc1cccc(CC)c1-c1cc[c-]c(N2[CH-]N(c3ccccc3)c3nccnc32)c1.[Ir]. The Kier molecular flexibility index (Phi) is 6.69. The van der Waals surface area contributed by atoms with Crippen molar-refractivity contribution >= 4 is 23.0 Å². The summed E-state index contributed by atoms with van der Waals surface area (Å²) in [6.07, 6.45) is 5.48. The van der Waals surface area contributed by atoms with Crippen LogP contribution in [-0.4, -0.2) is 9.97 Å². The zero-order valence-electron chi connectivity index (χ0n) is 18.1. The van der Waals surface area contributed by atoms with Crippen molar-refractivity contribution in [1.29, 1.82) is 0 Å². The van der Waals surface area contributed by atoms with Crippen molar-refractivity contribution in [3.8, 4) is 11.1 Å². The molecule has 0 saturated heterocycles. The molecule has 0 fully saturated rings. The maximum Gasteiger partial charge on any atom is 0.145 e. The van der Waals surface area contributed by atoms with Gasteiger partial charge in [0.15, 0.2) is 0 Å². The second-order valence-corrected chi connectivity index (χ2v) is 7.52. The molecule has 2 heterocycles. The molecule has 0 amide bonds. The van der Waals surface area contributed by atoms with Crippen LogP contribution in [0.1, 0.15) is 25.0 Å². The predicted molar refractivity (Wildman–Crippen MR) is 127 cm³/mol. The van der Waals surface area contributed by atoms with Crippen LogP contribution in [0.3, 0.4) is 0 Å². The summed E-state index contributed by atoms with van der Waals surface area (Å²) in [6.45, 7) is 6.47. The average Bonchev–Trinajstić information content (AvgIpc) is 3.24. The number of anilines is 4. The van der Waals surface area contributed by atoms with E-state index in [4.69, 9.17) is 0 Å². The van der Waals surface area contributed by atoms with Crippen LogP contribution < -0.4 is 9.80 Å². The summed E-state index contributed by atoms with van der Waals surface area (Å²) >= 11 is 0. The van der Waals surface area contributed by atoms with Gasteiger partial charge in [-0.1, -0.05) is 50.2 Å². The van der Waals surface area contributed by atoms with Gasteiger partial charge in [-0.15, -0.1) is 24.0 Å². The fourth-order valence-corrected chi connectivity index (χ4v) is 4.20. The van der Waals surface area contributed by atoms with Gasteiger partial charge in [0, 0.05) is 38.2 Å². The molecule has 0 unspecified atom stereocenters. The molecule has 0 aliphatic carbocycles. The van der Waals surface area contributed by atoms with Crippen LogP contribution >= 0.6 is 0 Å². The van der Waals surface area contributed by atoms with Gasteiger partial charge in [-0.05, 0) is 41.7 Å². The molecule has 5 heteroatoms. The van der Waals surface area contributed by atoms with Crippen LogP contribution in [0.25, 0.3) is 11.1 Å². The fraction of sp³-hybridized carbons (Fsp3) is 0.148. The van der Waals surface area contributed by atoms with E-state index in [1.165, 1.54) is 22.3 Å². The van der Waals surface area contributed by atoms with Crippen molar-refractivity contribution in [2.24, 2.45) is 0 Å². The smallest absolute Gasteiger partial charge is 0.145 e. The second kappa shape index (κ2) is 9.64. The molecular formula is C27H24IrN4-2. The molecule has 4 nitrogen and oxygen atoms in total. The van der Waals surface area contributed by atoms with Crippen LogP contribution in [-0.2, 0) is 32.9 Å². The summed E-state index contributed by atoms with van der Waals surface area (Å²) in [6, 6.07) is 26.6. The van der Waals surface area contributed by atoms with Gasteiger partial charge in [-0.2, -0.15) is 18.2 Å². The maximum absolute atomic E-state index is 4.63. The van der Waals surface area contributed by atoms with Crippen molar-refractivity contribution in [3.05, 3.63) is 103 Å². The molecule has 0 atom stereocenters. The Morgan fingerprint density at radius 3 is 2.12 bits per heavy atom. The monoisotopic (exact) mass is 597 g/mol. The normalized spacial score (nSPS) is 12.4. The Labute approximate surface area is 203 Å². The fourth-order valence-electron chi connectivity index (χ4n) is 4.20. The Morgan fingerprint density at radius 2 is 1.47 bits per heavy atom. The van der Waals surface area contributed by atoms with E-state index in [1.54, 1.807) is 12.4 Å². The Morgan fingerprint density at radius 1 is 0.812 bits per heavy atom. The standard InChI is InChI=1S/C27H24N4.Ir/c1-3-20-10-8-11-21(4-2)25(20)22-12-9-15-24(18-22)31-19-30(23-13-6-5-7-14-23)26-27(31)29-17-16-28-26;/h5-14,16-19H,3-4H2,1-2H3;/q-2;. The van der Waals surface area contributed by atoms with Crippen LogP contribution in [0.4, 0.5) is 23.0 Å². The molecule has 32 heavy (non-hydrogen) atoms. The van der Waals surface area contributed by atoms with E-state index < -0.39 is 0 Å². The number of rotatable bonds is 5. The van der Waals surface area contributed by atoms with E-state index in [1.807, 2.05) is 30.9 Å². The number of para-hydroxylation sites is 1. The largest absolute Gasteiger partial charge is 0.477 e. The Bertz CT molecular complexity index is 1190. The van der Waals surface area contributed by atoms with Crippen molar-refractivity contribution in [2.75, 3.05) is 9.80 Å². The minimum atomic E-state index is 0. The number of hydrogen-bond donors (Lipinski definition) is 0. The first-order valence-electron chi connectivity index (χ1n) is 10.7. The molecule has 0 bridgehead atoms. The van der Waals surface area contributed by atoms with Crippen molar-refractivity contribution < 1.29 is 20.1 Å². The van der Waals surface area contributed by atoms with Gasteiger partial charge in [-0.3, -0.25) is 0 Å². The molecule has 5 rings (SSSR count). The first-order chi connectivity index (χ1) is 15.3. The van der Waals surface area contributed by atoms with Crippen molar-refractivity contribution in [3.63, 3.8) is 0 Å². The van der Waals surface area contributed by atoms with E-state index in [2.05, 4.69) is 82.1 Å². The van der Waals surface area contributed by atoms with Gasteiger partial charge in [-0.25, -0.2) is 9.97 Å². The third-order valence-corrected chi connectivity index (χ3v) is 5.72. The molecule has 1 aromatic heterocycles. The first-order valence-corrected chi connectivity index (χ1v) is 10.7. The van der Waals surface area contributed by atoms with E-state index >= 15 is 0 Å². The van der Waals surface area contributed by atoms with Gasteiger partial charge in [0.2, 0.25) is 0 Å². The molecule has 163 valence electrons. The van der Waals surface area contributed by atoms with Crippen molar-refractivity contribution in [2.45, 2.75) is 26.7 Å². The molecule has 1 aliphatic heterocycles. The number of aromatic nitrogens is 2. The second-order valence-electron chi connectivity index (χ2n) is 7.52. The number of benzene rings is 3. The van der Waals surface area contributed by atoms with Crippen molar-refractivity contribution in [1.82, 2.24) is 9.97 Å². The summed E-state index contributed by atoms with van der Waals surface area (Å²) in [5, 5.41) is 0. The summed E-state index contributed by atoms with van der Waals surface area (Å²) in [7, 11) is 0. The van der Waals surface area contributed by atoms with Gasteiger partial charge in [0.1, 0.15) is 11.6 Å². The van der Waals surface area contributed by atoms with Crippen LogP contribution in [0.5, 0.6) is 0 Å². The maximum atomic E-state index is 4.63. The minimum Gasteiger partial charge on any atom is -0.477 e. The van der Waals surface area contributed by atoms with Gasteiger partial charge in [0.05, 0.1) is 0 Å². The first kappa shape index (κ1) is 22.2. The molecule has 1 aliphatic rings. The zero-order valence-corrected chi connectivity index (χ0v) is 20.5. The summed E-state index contributed by atoms with van der Waals surface area (Å²) < 4.78 is 0. The summed E-state index contributed by atoms with van der Waals surface area (Å²) in [5.74, 6) is 1.62. The Hall–Kier alpha value is -3.01. The molecule has 0 spiro atoms. The van der Waals surface area contributed by atoms with E-state index in [0.29, 0.717) is 0 Å². The summed E-state index contributed by atoms with van der Waals surface area (Å²) in [4.78, 5) is 13.4. The number of aryl methyl sites for hydroxylation is 2. The topological polar surface area (TPSA) is 32.3 Å². The predicted octanol–water partition coefficient (Wildman–Crippen LogP) is 6.48. The van der Waals surface area contributed by atoms with Gasteiger partial charge in [0.25, 0.3) is 0 Å². The molecule has 1 radical (unpaired) electrons. The minimum absolute atomic E-state index is 0. The Balaban J connectivity index is 0.00000245. The molecular weight excluding hydrogens is 573 g/mol. The van der Waals surface area contributed by atoms with Crippen LogP contribution in [0.2, 0.25) is 0 Å². The summed E-state index contributed by atoms with van der Waals surface area (Å²) in [5.41, 5.74) is 7.28. The van der Waals surface area contributed by atoms with E-state index in [-0.39, 0.29) is 20.1 Å². The number of hydrogen-bond acceptors (Lipinski definition) is 4. The molecule has 0 N–H and O–H groups in total. The van der Waals surface area contributed by atoms with Gasteiger partial charge >= 0.3 is 0 Å². The molecule has 0 saturated carbocycles.